The summed E-state index contributed by atoms with van der Waals surface area (Å²) in [6, 6.07) is 14.5. The Balaban J connectivity index is 1.97. The van der Waals surface area contributed by atoms with Gasteiger partial charge in [-0.25, -0.2) is 18.0 Å². The highest BCUT2D eigenvalue weighted by atomic mass is 32.2. The lowest BCUT2D eigenvalue weighted by Crippen LogP contribution is -2.17. The quantitative estimate of drug-likeness (QED) is 0.437. The van der Waals surface area contributed by atoms with E-state index in [1.54, 1.807) is 31.2 Å². The van der Waals surface area contributed by atoms with E-state index >= 15 is 0 Å². The predicted molar refractivity (Wildman–Crippen MR) is 132 cm³/mol. The van der Waals surface area contributed by atoms with Crippen LogP contribution in [0, 0.1) is 6.92 Å². The maximum absolute atomic E-state index is 13.2. The summed E-state index contributed by atoms with van der Waals surface area (Å²) in [5.41, 5.74) is 1.11. The fourth-order valence-corrected chi connectivity index (χ4v) is 4.41. The molecule has 1 amide bonds. The van der Waals surface area contributed by atoms with Crippen LogP contribution in [0.4, 0.5) is 11.4 Å². The molecule has 0 aliphatic carbocycles. The van der Waals surface area contributed by atoms with Crippen molar-refractivity contribution in [2.45, 2.75) is 11.8 Å². The van der Waals surface area contributed by atoms with E-state index < -0.39 is 27.9 Å². The third kappa shape index (κ3) is 5.81. The Morgan fingerprint density at radius 3 is 1.97 bits per heavy atom. The Morgan fingerprint density at radius 2 is 1.42 bits per heavy atom. The van der Waals surface area contributed by atoms with Gasteiger partial charge in [-0.2, -0.15) is 0 Å². The first-order valence-electron chi connectivity index (χ1n) is 10.5. The Morgan fingerprint density at radius 1 is 0.806 bits per heavy atom. The van der Waals surface area contributed by atoms with Gasteiger partial charge in [0, 0.05) is 5.56 Å². The van der Waals surface area contributed by atoms with Crippen molar-refractivity contribution in [1.29, 1.82) is 0 Å². The minimum atomic E-state index is -4.23. The fourth-order valence-electron chi connectivity index (χ4n) is 3.34. The van der Waals surface area contributed by atoms with E-state index in [1.165, 1.54) is 43.5 Å². The lowest BCUT2D eigenvalue weighted by Gasteiger charge is -2.15. The van der Waals surface area contributed by atoms with Crippen LogP contribution in [0.1, 0.15) is 36.6 Å². The van der Waals surface area contributed by atoms with E-state index in [1.807, 2.05) is 0 Å². The first kappa shape index (κ1) is 26.2. The molecule has 11 heteroatoms. The number of benzene rings is 3. The van der Waals surface area contributed by atoms with E-state index in [0.29, 0.717) is 5.56 Å². The minimum absolute atomic E-state index is 0.0565. The molecule has 3 aromatic rings. The maximum atomic E-state index is 13.2. The van der Waals surface area contributed by atoms with Crippen LogP contribution in [0.2, 0.25) is 0 Å². The zero-order valence-electron chi connectivity index (χ0n) is 19.9. The second kappa shape index (κ2) is 10.9. The highest BCUT2D eigenvalue weighted by Gasteiger charge is 2.21. The molecule has 0 aliphatic rings. The van der Waals surface area contributed by atoms with Gasteiger partial charge in [0.25, 0.3) is 15.9 Å². The van der Waals surface area contributed by atoms with E-state index in [-0.39, 0.29) is 33.1 Å². The second-order valence-corrected chi connectivity index (χ2v) is 9.20. The highest BCUT2D eigenvalue weighted by molar-refractivity contribution is 7.92. The number of hydrogen-bond acceptors (Lipinski definition) is 8. The van der Waals surface area contributed by atoms with Crippen molar-refractivity contribution in [2.75, 3.05) is 31.4 Å². The molecule has 0 bridgehead atoms. The largest absolute Gasteiger partial charge is 0.495 e. The number of carbonyl (C=O) groups is 3. The number of nitrogens with one attached hydrogen (secondary N) is 2. The molecular formula is C25H24N2O8S. The predicted octanol–water partition coefficient (Wildman–Crippen LogP) is 3.63. The number of ether oxygens (including phenoxy) is 3. The third-order valence-electron chi connectivity index (χ3n) is 5.15. The summed E-state index contributed by atoms with van der Waals surface area (Å²) in [6.07, 6.45) is 0. The smallest absolute Gasteiger partial charge is 0.337 e. The molecule has 0 unspecified atom stereocenters. The van der Waals surface area contributed by atoms with Crippen LogP contribution in [0.5, 0.6) is 5.75 Å². The van der Waals surface area contributed by atoms with Crippen molar-refractivity contribution in [3.8, 4) is 5.75 Å². The molecule has 36 heavy (non-hydrogen) atoms. The SMILES string of the molecule is COC(=O)c1cc(NS(=O)(=O)c2ccc(OC)c(NC(=O)c3ccccc3C)c2)cc(C(=O)OC)c1. The number of carbonyl (C=O) groups excluding carboxylic acids is 3. The molecule has 0 spiro atoms. The van der Waals surface area contributed by atoms with Crippen molar-refractivity contribution in [1.82, 2.24) is 0 Å². The van der Waals surface area contributed by atoms with E-state index in [9.17, 15) is 22.8 Å². The summed E-state index contributed by atoms with van der Waals surface area (Å²) < 4.78 is 43.3. The minimum Gasteiger partial charge on any atom is -0.495 e. The zero-order valence-corrected chi connectivity index (χ0v) is 20.8. The highest BCUT2D eigenvalue weighted by Crippen LogP contribution is 2.29. The van der Waals surface area contributed by atoms with Gasteiger partial charge in [-0.3, -0.25) is 9.52 Å². The Kier molecular flexibility index (Phi) is 7.95. The van der Waals surface area contributed by atoms with Gasteiger partial charge >= 0.3 is 11.9 Å². The molecule has 0 heterocycles. The summed E-state index contributed by atoms with van der Waals surface area (Å²) >= 11 is 0. The number of anilines is 2. The molecule has 0 saturated heterocycles. The van der Waals surface area contributed by atoms with Crippen LogP contribution in [0.25, 0.3) is 0 Å². The van der Waals surface area contributed by atoms with Gasteiger partial charge in [0.05, 0.1) is 48.7 Å². The molecular weight excluding hydrogens is 488 g/mol. The van der Waals surface area contributed by atoms with E-state index in [2.05, 4.69) is 19.5 Å². The molecule has 0 aliphatic heterocycles. The first-order chi connectivity index (χ1) is 17.1. The van der Waals surface area contributed by atoms with Crippen LogP contribution in [-0.4, -0.2) is 47.6 Å². The summed E-state index contributed by atoms with van der Waals surface area (Å²) in [5.74, 6) is -1.74. The number of rotatable bonds is 8. The average Bonchev–Trinajstić information content (AvgIpc) is 2.87. The molecule has 10 nitrogen and oxygen atoms in total. The molecule has 3 rings (SSSR count). The molecule has 2 N–H and O–H groups in total. The summed E-state index contributed by atoms with van der Waals surface area (Å²) in [6.45, 7) is 1.78. The molecule has 3 aromatic carbocycles. The summed E-state index contributed by atoms with van der Waals surface area (Å²) in [7, 11) is -0.534. The molecule has 0 atom stereocenters. The molecule has 0 radical (unpaired) electrons. The van der Waals surface area contributed by atoms with Crippen molar-refractivity contribution in [3.05, 3.63) is 82.9 Å². The van der Waals surface area contributed by atoms with Crippen molar-refractivity contribution in [2.24, 2.45) is 0 Å². The van der Waals surface area contributed by atoms with Crippen molar-refractivity contribution >= 4 is 39.2 Å². The summed E-state index contributed by atoms with van der Waals surface area (Å²) in [5, 5.41) is 2.68. The van der Waals surface area contributed by atoms with Crippen LogP contribution in [0.15, 0.2) is 65.6 Å². The topological polar surface area (TPSA) is 137 Å². The normalized spacial score (nSPS) is 10.8. The van der Waals surface area contributed by atoms with Crippen LogP contribution >= 0.6 is 0 Å². The Labute approximate surface area is 208 Å². The summed E-state index contributed by atoms with van der Waals surface area (Å²) in [4.78, 5) is 36.6. The lowest BCUT2D eigenvalue weighted by molar-refractivity contribution is 0.0599. The molecule has 188 valence electrons. The van der Waals surface area contributed by atoms with E-state index in [0.717, 1.165) is 19.8 Å². The number of esters is 2. The number of amides is 1. The molecule has 0 fully saturated rings. The van der Waals surface area contributed by atoms with Gasteiger partial charge in [-0.15, -0.1) is 0 Å². The monoisotopic (exact) mass is 512 g/mol. The van der Waals surface area contributed by atoms with E-state index in [4.69, 9.17) is 4.74 Å². The van der Waals surface area contributed by atoms with Gasteiger partial charge in [-0.1, -0.05) is 18.2 Å². The van der Waals surface area contributed by atoms with Gasteiger partial charge in [0.15, 0.2) is 0 Å². The first-order valence-corrected chi connectivity index (χ1v) is 12.0. The van der Waals surface area contributed by atoms with Crippen LogP contribution < -0.4 is 14.8 Å². The lowest BCUT2D eigenvalue weighted by atomic mass is 10.1. The van der Waals surface area contributed by atoms with Gasteiger partial charge in [-0.05, 0) is 55.0 Å². The molecule has 0 aromatic heterocycles. The Hall–Kier alpha value is -4.38. The average molecular weight is 513 g/mol. The molecule has 0 saturated carbocycles. The Bertz CT molecular complexity index is 1400. The van der Waals surface area contributed by atoms with Crippen LogP contribution in [0.3, 0.4) is 0 Å². The number of hydrogen-bond donors (Lipinski definition) is 2. The van der Waals surface area contributed by atoms with Crippen LogP contribution in [-0.2, 0) is 19.5 Å². The maximum Gasteiger partial charge on any atom is 0.337 e. The fraction of sp³-hybridized carbons (Fsp3) is 0.160. The van der Waals surface area contributed by atoms with Gasteiger partial charge < -0.3 is 19.5 Å². The third-order valence-corrected chi connectivity index (χ3v) is 6.53. The number of aryl methyl sites for hydroxylation is 1. The standard InChI is InChI=1S/C25H24N2O8S/c1-15-7-5-6-8-20(15)23(28)26-21-14-19(9-10-22(21)33-2)36(31,32)27-18-12-16(24(29)34-3)11-17(13-18)25(30)35-4/h5-14,27H,1-4H3,(H,26,28). The second-order valence-electron chi connectivity index (χ2n) is 7.52. The van der Waals surface area contributed by atoms with Gasteiger partial charge in [0.1, 0.15) is 5.75 Å². The van der Waals surface area contributed by atoms with Gasteiger partial charge in [0.2, 0.25) is 0 Å². The number of methoxy groups -OCH3 is 3. The number of sulfonamides is 1. The zero-order chi connectivity index (χ0) is 26.5. The van der Waals surface area contributed by atoms with Crippen molar-refractivity contribution in [3.63, 3.8) is 0 Å². The van der Waals surface area contributed by atoms with Crippen molar-refractivity contribution < 1.29 is 37.0 Å².